The van der Waals surface area contributed by atoms with E-state index in [4.69, 9.17) is 11.6 Å². The van der Waals surface area contributed by atoms with E-state index in [2.05, 4.69) is 4.72 Å². The molecule has 9 heteroatoms. The molecule has 0 spiro atoms. The molecule has 1 aromatic heterocycles. The first kappa shape index (κ1) is 19.9. The molecule has 0 bridgehead atoms. The van der Waals surface area contributed by atoms with Crippen LogP contribution < -0.4 is 4.72 Å². The minimum atomic E-state index is -3.90. The summed E-state index contributed by atoms with van der Waals surface area (Å²) in [6.07, 6.45) is 0.614. The fourth-order valence-electron chi connectivity index (χ4n) is 2.99. The van der Waals surface area contributed by atoms with E-state index in [1.165, 1.54) is 22.3 Å². The fraction of sp³-hybridized carbons (Fsp3) is 0.333. The molecule has 1 atom stereocenters. The van der Waals surface area contributed by atoms with Crippen molar-refractivity contribution in [1.82, 2.24) is 9.62 Å². The van der Waals surface area contributed by atoms with Crippen LogP contribution in [0.15, 0.2) is 41.1 Å². The number of nitrogens with zero attached hydrogens (tertiary/aromatic N) is 1. The van der Waals surface area contributed by atoms with Crippen molar-refractivity contribution in [2.45, 2.75) is 31.1 Å². The van der Waals surface area contributed by atoms with Gasteiger partial charge in [0.05, 0.1) is 12.2 Å². The van der Waals surface area contributed by atoms with E-state index in [0.717, 1.165) is 5.56 Å². The topological polar surface area (TPSA) is 83.6 Å². The number of sulfonamides is 1. The van der Waals surface area contributed by atoms with Crippen LogP contribution in [0.3, 0.4) is 0 Å². The van der Waals surface area contributed by atoms with Crippen LogP contribution in [0, 0.1) is 0 Å². The fourth-order valence-corrected chi connectivity index (χ4v) is 5.07. The van der Waals surface area contributed by atoms with E-state index in [-0.39, 0.29) is 18.1 Å². The summed E-state index contributed by atoms with van der Waals surface area (Å²) in [6, 6.07) is 8.30. The highest BCUT2D eigenvalue weighted by molar-refractivity contribution is 7.89. The molecule has 0 aliphatic carbocycles. The summed E-state index contributed by atoms with van der Waals surface area (Å²) in [5, 5.41) is 4.18. The van der Waals surface area contributed by atoms with Gasteiger partial charge in [0.1, 0.15) is 5.54 Å². The van der Waals surface area contributed by atoms with Gasteiger partial charge in [-0.1, -0.05) is 23.7 Å². The van der Waals surface area contributed by atoms with Crippen LogP contribution in [0.4, 0.5) is 0 Å². The number of carbonyl (C=O) groups is 2. The molecule has 2 heterocycles. The van der Waals surface area contributed by atoms with Crippen molar-refractivity contribution < 1.29 is 18.0 Å². The van der Waals surface area contributed by atoms with Gasteiger partial charge in [0.15, 0.2) is 0 Å². The van der Waals surface area contributed by atoms with Crippen LogP contribution in [0.25, 0.3) is 0 Å². The molecular formula is C18H19ClN2O4S2. The maximum Gasteiger partial charge on any atom is 0.259 e. The Hall–Kier alpha value is -1.90. The minimum Gasteiger partial charge on any atom is -0.328 e. The van der Waals surface area contributed by atoms with Crippen LogP contribution in [-0.4, -0.2) is 37.2 Å². The van der Waals surface area contributed by atoms with Crippen molar-refractivity contribution in [3.8, 4) is 0 Å². The maximum absolute atomic E-state index is 12.6. The molecule has 1 aromatic carbocycles. The Balaban J connectivity index is 1.66. The number of benzene rings is 1. The van der Waals surface area contributed by atoms with Gasteiger partial charge in [-0.05, 0) is 53.4 Å². The van der Waals surface area contributed by atoms with Gasteiger partial charge in [-0.3, -0.25) is 14.3 Å². The smallest absolute Gasteiger partial charge is 0.259 e. The Morgan fingerprint density at radius 1 is 1.30 bits per heavy atom. The molecule has 6 nitrogen and oxygen atoms in total. The molecular weight excluding hydrogens is 408 g/mol. The Labute approximate surface area is 167 Å². The lowest BCUT2D eigenvalue weighted by atomic mass is 9.85. The zero-order valence-corrected chi connectivity index (χ0v) is 17.0. The number of amides is 2. The minimum absolute atomic E-state index is 0.190. The third-order valence-corrected chi connectivity index (χ3v) is 6.81. The van der Waals surface area contributed by atoms with Crippen molar-refractivity contribution in [2.24, 2.45) is 0 Å². The average molecular weight is 427 g/mol. The first-order chi connectivity index (χ1) is 12.7. The summed E-state index contributed by atoms with van der Waals surface area (Å²) in [6.45, 7) is 2.02. The highest BCUT2D eigenvalue weighted by Crippen LogP contribution is 2.31. The lowest BCUT2D eigenvalue weighted by Gasteiger charge is -2.48. The summed E-state index contributed by atoms with van der Waals surface area (Å²) < 4.78 is 26.8. The van der Waals surface area contributed by atoms with E-state index in [1.807, 2.05) is 16.8 Å². The molecule has 0 radical (unpaired) electrons. The molecule has 1 unspecified atom stereocenters. The molecule has 1 fully saturated rings. The molecule has 1 aliphatic rings. The number of rotatable bonds is 6. The summed E-state index contributed by atoms with van der Waals surface area (Å²) in [4.78, 5) is 26.6. The quantitative estimate of drug-likeness (QED) is 0.769. The molecule has 2 aromatic rings. The molecule has 1 saturated heterocycles. The normalized spacial score (nSPS) is 19.4. The monoisotopic (exact) mass is 426 g/mol. The van der Waals surface area contributed by atoms with E-state index in [9.17, 15) is 18.0 Å². The average Bonchev–Trinajstić information content (AvgIpc) is 3.04. The van der Waals surface area contributed by atoms with Crippen LogP contribution in [-0.2, 0) is 31.8 Å². The third kappa shape index (κ3) is 4.51. The largest absolute Gasteiger partial charge is 0.328 e. The number of thiophene rings is 1. The Morgan fingerprint density at radius 2 is 2.07 bits per heavy atom. The SMILES string of the molecule is CC1(C(=O)NS(=O)(=O)Cc2cccc(Cl)c2)CCN1C(=O)Cc1ccsc1. The van der Waals surface area contributed by atoms with Gasteiger partial charge in [0.25, 0.3) is 5.91 Å². The van der Waals surface area contributed by atoms with E-state index in [1.54, 1.807) is 25.1 Å². The highest BCUT2D eigenvalue weighted by atomic mass is 35.5. The number of nitrogens with one attached hydrogen (secondary N) is 1. The Morgan fingerprint density at radius 3 is 2.67 bits per heavy atom. The maximum atomic E-state index is 12.6. The van der Waals surface area contributed by atoms with E-state index in [0.29, 0.717) is 23.6 Å². The van der Waals surface area contributed by atoms with Crippen molar-refractivity contribution in [1.29, 1.82) is 0 Å². The van der Waals surface area contributed by atoms with E-state index >= 15 is 0 Å². The molecule has 3 rings (SSSR count). The number of hydrogen-bond acceptors (Lipinski definition) is 5. The van der Waals surface area contributed by atoms with Crippen molar-refractivity contribution in [2.75, 3.05) is 6.54 Å². The van der Waals surface area contributed by atoms with Gasteiger partial charge in [-0.25, -0.2) is 8.42 Å². The summed E-state index contributed by atoms with van der Waals surface area (Å²) in [5.74, 6) is -1.24. The van der Waals surface area contributed by atoms with Gasteiger partial charge in [-0.2, -0.15) is 11.3 Å². The second-order valence-electron chi connectivity index (χ2n) is 6.70. The van der Waals surface area contributed by atoms with Gasteiger partial charge in [0, 0.05) is 11.6 Å². The van der Waals surface area contributed by atoms with Crippen molar-refractivity contribution >= 4 is 44.8 Å². The molecule has 144 valence electrons. The highest BCUT2D eigenvalue weighted by Gasteiger charge is 2.50. The zero-order chi connectivity index (χ0) is 19.7. The summed E-state index contributed by atoms with van der Waals surface area (Å²) in [5.41, 5.74) is 0.203. The van der Waals surface area contributed by atoms with Gasteiger partial charge >= 0.3 is 0 Å². The van der Waals surface area contributed by atoms with Crippen LogP contribution >= 0.6 is 22.9 Å². The molecule has 2 amide bonds. The summed E-state index contributed by atoms with van der Waals surface area (Å²) in [7, 11) is -3.90. The number of carbonyl (C=O) groups excluding carboxylic acids is 2. The number of halogens is 1. The first-order valence-corrected chi connectivity index (χ1v) is 11.3. The second-order valence-corrected chi connectivity index (χ2v) is 9.64. The second kappa shape index (κ2) is 7.61. The third-order valence-electron chi connectivity index (χ3n) is 4.64. The van der Waals surface area contributed by atoms with Crippen LogP contribution in [0.5, 0.6) is 0 Å². The number of hydrogen-bond donors (Lipinski definition) is 1. The molecule has 1 aliphatic heterocycles. The standard InChI is InChI=1S/C18H19ClN2O4S2/c1-18(6-7-21(18)16(22)10-13-5-8-26-11-13)17(23)20-27(24,25)12-14-3-2-4-15(19)9-14/h2-5,8-9,11H,6-7,10,12H2,1H3,(H,20,23). The van der Waals surface area contributed by atoms with Gasteiger partial charge < -0.3 is 4.90 Å². The predicted octanol–water partition coefficient (Wildman–Crippen LogP) is 2.58. The van der Waals surface area contributed by atoms with Crippen LogP contribution in [0.2, 0.25) is 5.02 Å². The lowest BCUT2D eigenvalue weighted by molar-refractivity contribution is -0.156. The predicted molar refractivity (Wildman–Crippen MR) is 105 cm³/mol. The molecule has 27 heavy (non-hydrogen) atoms. The van der Waals surface area contributed by atoms with Gasteiger partial charge in [-0.15, -0.1) is 0 Å². The molecule has 1 N–H and O–H groups in total. The Kier molecular flexibility index (Phi) is 5.60. The van der Waals surface area contributed by atoms with E-state index < -0.39 is 21.5 Å². The first-order valence-electron chi connectivity index (χ1n) is 8.30. The van der Waals surface area contributed by atoms with Crippen molar-refractivity contribution in [3.05, 3.63) is 57.2 Å². The summed E-state index contributed by atoms with van der Waals surface area (Å²) >= 11 is 7.37. The molecule has 0 saturated carbocycles. The number of likely N-dealkylation sites (tertiary alicyclic amines) is 1. The van der Waals surface area contributed by atoms with Crippen molar-refractivity contribution in [3.63, 3.8) is 0 Å². The van der Waals surface area contributed by atoms with Crippen LogP contribution in [0.1, 0.15) is 24.5 Å². The lowest BCUT2D eigenvalue weighted by Crippen LogP contribution is -2.68. The Bertz CT molecular complexity index is 960. The van der Waals surface area contributed by atoms with Gasteiger partial charge in [0.2, 0.25) is 15.9 Å². The zero-order valence-electron chi connectivity index (χ0n) is 14.6.